The monoisotopic (exact) mass is 374 g/mol. The van der Waals surface area contributed by atoms with E-state index in [0.717, 1.165) is 8.95 Å². The number of hydrogen-bond acceptors (Lipinski definition) is 2. The van der Waals surface area contributed by atoms with E-state index in [2.05, 4.69) is 31.9 Å². The Balaban J connectivity index is 2.30. The van der Waals surface area contributed by atoms with Gasteiger partial charge >= 0.3 is 0 Å². The molecule has 0 fully saturated rings. The molecule has 0 amide bonds. The average Bonchev–Trinajstić information content (AvgIpc) is 2.32. The van der Waals surface area contributed by atoms with E-state index in [-0.39, 0.29) is 6.61 Å². The first-order valence-corrected chi connectivity index (χ1v) is 6.70. The van der Waals surface area contributed by atoms with Crippen molar-refractivity contribution in [3.63, 3.8) is 0 Å². The van der Waals surface area contributed by atoms with Gasteiger partial charge in [-0.25, -0.2) is 4.39 Å². The van der Waals surface area contributed by atoms with Crippen molar-refractivity contribution in [3.8, 4) is 11.5 Å². The molecular weight excluding hydrogens is 367 g/mol. The summed E-state index contributed by atoms with van der Waals surface area (Å²) in [5.41, 5.74) is 0.471. The molecule has 2 rings (SSSR count). The zero-order valence-corrected chi connectivity index (χ0v) is 12.3. The molecule has 0 aromatic heterocycles. The predicted octanol–water partition coefficient (Wildman–Crippen LogP) is 4.64. The molecule has 0 aliphatic heterocycles. The zero-order valence-electron chi connectivity index (χ0n) is 9.16. The van der Waals surface area contributed by atoms with Gasteiger partial charge < -0.3 is 9.84 Å². The first kappa shape index (κ1) is 13.5. The van der Waals surface area contributed by atoms with Gasteiger partial charge in [-0.05, 0) is 51.8 Å². The van der Waals surface area contributed by atoms with Crippen molar-refractivity contribution >= 4 is 31.9 Å². The maximum Gasteiger partial charge on any atom is 0.141 e. The Morgan fingerprint density at radius 3 is 2.56 bits per heavy atom. The molecule has 0 saturated heterocycles. The molecule has 2 nitrogen and oxygen atoms in total. The minimum Gasteiger partial charge on any atom is -0.456 e. The lowest BCUT2D eigenvalue weighted by molar-refractivity contribution is 0.280. The Morgan fingerprint density at radius 1 is 1.11 bits per heavy atom. The zero-order chi connectivity index (χ0) is 13.1. The molecule has 0 heterocycles. The van der Waals surface area contributed by atoms with Gasteiger partial charge in [-0.3, -0.25) is 0 Å². The maximum absolute atomic E-state index is 13.3. The van der Waals surface area contributed by atoms with Gasteiger partial charge in [-0.2, -0.15) is 0 Å². The van der Waals surface area contributed by atoms with Crippen molar-refractivity contribution in [2.75, 3.05) is 0 Å². The molecule has 0 aliphatic carbocycles. The highest BCUT2D eigenvalue weighted by atomic mass is 79.9. The summed E-state index contributed by atoms with van der Waals surface area (Å²) in [6.45, 7) is -0.227. The van der Waals surface area contributed by atoms with E-state index < -0.39 is 5.82 Å². The standard InChI is InChI=1S/C13H9Br2FO2/c14-9-1-2-13(12(15)5-9)18-11-4-8(7-17)3-10(16)6-11/h1-6,17H,7H2. The van der Waals surface area contributed by atoms with Gasteiger partial charge in [0, 0.05) is 10.5 Å². The summed E-state index contributed by atoms with van der Waals surface area (Å²) in [5.74, 6) is 0.486. The van der Waals surface area contributed by atoms with Crippen LogP contribution < -0.4 is 4.74 Å². The third kappa shape index (κ3) is 3.31. The summed E-state index contributed by atoms with van der Waals surface area (Å²) in [6.07, 6.45) is 0. The van der Waals surface area contributed by atoms with E-state index in [1.54, 1.807) is 12.1 Å². The molecule has 0 aliphatic rings. The molecule has 0 atom stereocenters. The second-order valence-electron chi connectivity index (χ2n) is 3.63. The summed E-state index contributed by atoms with van der Waals surface area (Å²) in [4.78, 5) is 0. The van der Waals surface area contributed by atoms with Crippen LogP contribution in [0.15, 0.2) is 45.3 Å². The fraction of sp³-hybridized carbons (Fsp3) is 0.0769. The maximum atomic E-state index is 13.3. The van der Waals surface area contributed by atoms with Gasteiger partial charge in [0.1, 0.15) is 17.3 Å². The van der Waals surface area contributed by atoms with Crippen LogP contribution in [0.25, 0.3) is 0 Å². The summed E-state index contributed by atoms with van der Waals surface area (Å²) in [7, 11) is 0. The van der Waals surface area contributed by atoms with Crippen LogP contribution in [0, 0.1) is 5.82 Å². The minimum absolute atomic E-state index is 0.227. The third-order valence-electron chi connectivity index (χ3n) is 2.24. The van der Waals surface area contributed by atoms with Crippen LogP contribution in [0.3, 0.4) is 0 Å². The molecule has 0 saturated carbocycles. The Labute approximate surface area is 121 Å². The van der Waals surface area contributed by atoms with Crippen LogP contribution in [-0.2, 0) is 6.61 Å². The van der Waals surface area contributed by atoms with E-state index in [1.807, 2.05) is 12.1 Å². The fourth-order valence-electron chi connectivity index (χ4n) is 1.46. The smallest absolute Gasteiger partial charge is 0.141 e. The first-order chi connectivity index (χ1) is 8.58. The van der Waals surface area contributed by atoms with Crippen molar-refractivity contribution in [1.29, 1.82) is 0 Å². The van der Waals surface area contributed by atoms with Crippen molar-refractivity contribution < 1.29 is 14.2 Å². The number of benzene rings is 2. The van der Waals surface area contributed by atoms with Crippen LogP contribution >= 0.6 is 31.9 Å². The molecule has 2 aromatic rings. The Bertz CT molecular complexity index is 573. The Kier molecular flexibility index (Phi) is 4.37. The van der Waals surface area contributed by atoms with Crippen LogP contribution in [0.5, 0.6) is 11.5 Å². The fourth-order valence-corrected chi connectivity index (χ4v) is 2.58. The van der Waals surface area contributed by atoms with Gasteiger partial charge in [0.2, 0.25) is 0 Å². The quantitative estimate of drug-likeness (QED) is 0.847. The van der Waals surface area contributed by atoms with Crippen molar-refractivity contribution in [2.45, 2.75) is 6.61 Å². The molecule has 0 bridgehead atoms. The van der Waals surface area contributed by atoms with E-state index in [9.17, 15) is 4.39 Å². The van der Waals surface area contributed by atoms with Gasteiger partial charge in [-0.15, -0.1) is 0 Å². The average molecular weight is 376 g/mol. The molecule has 0 spiro atoms. The second-order valence-corrected chi connectivity index (χ2v) is 5.40. The summed E-state index contributed by atoms with van der Waals surface area (Å²) < 4.78 is 20.5. The molecule has 94 valence electrons. The summed E-state index contributed by atoms with van der Waals surface area (Å²) in [6, 6.07) is 9.56. The normalized spacial score (nSPS) is 10.4. The lowest BCUT2D eigenvalue weighted by Crippen LogP contribution is -1.90. The van der Waals surface area contributed by atoms with Gasteiger partial charge in [-0.1, -0.05) is 15.9 Å². The number of aliphatic hydroxyl groups excluding tert-OH is 1. The van der Waals surface area contributed by atoms with Crippen LogP contribution in [0.2, 0.25) is 0 Å². The van der Waals surface area contributed by atoms with E-state index in [4.69, 9.17) is 9.84 Å². The highest BCUT2D eigenvalue weighted by Gasteiger charge is 2.06. The van der Waals surface area contributed by atoms with Crippen LogP contribution in [-0.4, -0.2) is 5.11 Å². The number of ether oxygens (including phenoxy) is 1. The molecule has 0 unspecified atom stereocenters. The molecule has 1 N–H and O–H groups in total. The molecule has 18 heavy (non-hydrogen) atoms. The largest absolute Gasteiger partial charge is 0.456 e. The molecule has 0 radical (unpaired) electrons. The van der Waals surface area contributed by atoms with E-state index in [0.29, 0.717) is 17.1 Å². The number of hydrogen-bond donors (Lipinski definition) is 1. The van der Waals surface area contributed by atoms with Gasteiger partial charge in [0.25, 0.3) is 0 Å². The summed E-state index contributed by atoms with van der Waals surface area (Å²) in [5, 5.41) is 9.01. The molecule has 2 aromatic carbocycles. The first-order valence-electron chi connectivity index (χ1n) is 5.12. The van der Waals surface area contributed by atoms with E-state index in [1.165, 1.54) is 12.1 Å². The second kappa shape index (κ2) is 5.82. The minimum atomic E-state index is -0.440. The topological polar surface area (TPSA) is 29.5 Å². The lowest BCUT2D eigenvalue weighted by Gasteiger charge is -2.09. The third-order valence-corrected chi connectivity index (χ3v) is 3.35. The van der Waals surface area contributed by atoms with Gasteiger partial charge in [0.05, 0.1) is 11.1 Å². The van der Waals surface area contributed by atoms with Crippen molar-refractivity contribution in [1.82, 2.24) is 0 Å². The highest BCUT2D eigenvalue weighted by Crippen LogP contribution is 2.32. The number of aliphatic hydroxyl groups is 1. The Hall–Kier alpha value is -0.910. The van der Waals surface area contributed by atoms with Crippen LogP contribution in [0.1, 0.15) is 5.56 Å². The van der Waals surface area contributed by atoms with E-state index >= 15 is 0 Å². The van der Waals surface area contributed by atoms with Crippen molar-refractivity contribution in [2.24, 2.45) is 0 Å². The molecule has 5 heteroatoms. The number of rotatable bonds is 3. The highest BCUT2D eigenvalue weighted by molar-refractivity contribution is 9.11. The SMILES string of the molecule is OCc1cc(F)cc(Oc2ccc(Br)cc2Br)c1. The van der Waals surface area contributed by atoms with Crippen molar-refractivity contribution in [3.05, 3.63) is 56.7 Å². The van der Waals surface area contributed by atoms with Crippen LogP contribution in [0.4, 0.5) is 4.39 Å². The molecular formula is C13H9Br2FO2. The Morgan fingerprint density at radius 2 is 1.89 bits per heavy atom. The lowest BCUT2D eigenvalue weighted by atomic mass is 10.2. The number of halogens is 3. The van der Waals surface area contributed by atoms with Gasteiger partial charge in [0.15, 0.2) is 0 Å². The predicted molar refractivity (Wildman–Crippen MR) is 74.2 cm³/mol. The summed E-state index contributed by atoms with van der Waals surface area (Å²) >= 11 is 6.70.